The average molecular weight is 484 g/mol. The van der Waals surface area contributed by atoms with Crippen molar-refractivity contribution < 1.29 is 19.0 Å². The number of thiophene rings is 1. The molecular weight excluding hydrogens is 454 g/mol. The van der Waals surface area contributed by atoms with Crippen molar-refractivity contribution in [2.75, 3.05) is 50.6 Å². The topological polar surface area (TPSA) is 92.0 Å². The molecule has 2 N–H and O–H groups in total. The number of carbonyl (C=O) groups is 1. The maximum atomic E-state index is 12.8. The number of anilines is 2. The molecule has 2 aromatic heterocycles. The zero-order valence-corrected chi connectivity index (χ0v) is 20.2. The lowest BCUT2D eigenvalue weighted by Gasteiger charge is -2.38. The fourth-order valence-corrected chi connectivity index (χ4v) is 5.48. The number of H-pyrrole nitrogens is 1. The summed E-state index contributed by atoms with van der Waals surface area (Å²) >= 11 is 1.53. The Morgan fingerprint density at radius 1 is 1.15 bits per heavy atom. The van der Waals surface area contributed by atoms with Crippen LogP contribution in [0.5, 0.6) is 17.4 Å². The lowest BCUT2D eigenvalue weighted by atomic mass is 10.1. The van der Waals surface area contributed by atoms with Crippen molar-refractivity contribution in [2.24, 2.45) is 0 Å². The number of piperazine rings is 1. The zero-order chi connectivity index (χ0) is 23.5. The van der Waals surface area contributed by atoms with E-state index in [1.807, 2.05) is 24.3 Å². The van der Waals surface area contributed by atoms with Crippen LogP contribution in [0.25, 0.3) is 0 Å². The van der Waals surface area contributed by atoms with Crippen LogP contribution >= 0.6 is 11.3 Å². The van der Waals surface area contributed by atoms with Gasteiger partial charge in [-0.05, 0) is 49.2 Å². The van der Waals surface area contributed by atoms with Gasteiger partial charge < -0.3 is 24.4 Å². The van der Waals surface area contributed by atoms with Crippen molar-refractivity contribution in [1.29, 1.82) is 0 Å². The number of hydrogen-bond acceptors (Lipinski definition) is 8. The third kappa shape index (κ3) is 4.97. The van der Waals surface area contributed by atoms with E-state index in [9.17, 15) is 4.79 Å². The Labute approximate surface area is 202 Å². The minimum absolute atomic E-state index is 0.163. The summed E-state index contributed by atoms with van der Waals surface area (Å²) in [5.74, 6) is 2.08. The quantitative estimate of drug-likeness (QED) is 0.506. The molecule has 34 heavy (non-hydrogen) atoms. The van der Waals surface area contributed by atoms with Gasteiger partial charge in [0, 0.05) is 37.8 Å². The van der Waals surface area contributed by atoms with Crippen LogP contribution < -0.4 is 24.4 Å². The lowest BCUT2D eigenvalue weighted by molar-refractivity contribution is 0.103. The summed E-state index contributed by atoms with van der Waals surface area (Å²) in [5, 5.41) is 11.0. The van der Waals surface area contributed by atoms with Gasteiger partial charge in [-0.1, -0.05) is 0 Å². The van der Waals surface area contributed by atoms with Gasteiger partial charge in [-0.15, -0.1) is 16.4 Å². The zero-order valence-electron chi connectivity index (χ0n) is 19.4. The number of ether oxygens (including phenoxy) is 3. The van der Waals surface area contributed by atoms with Gasteiger partial charge in [-0.2, -0.15) is 0 Å². The van der Waals surface area contributed by atoms with Gasteiger partial charge in [-0.3, -0.25) is 14.8 Å². The summed E-state index contributed by atoms with van der Waals surface area (Å²) in [6.07, 6.45) is 2.56. The van der Waals surface area contributed by atoms with Crippen molar-refractivity contribution in [3.05, 3.63) is 46.8 Å². The van der Waals surface area contributed by atoms with Gasteiger partial charge in [0.25, 0.3) is 5.91 Å². The minimum Gasteiger partial charge on any atom is -0.497 e. The number of rotatable bonds is 8. The highest BCUT2D eigenvalue weighted by Crippen LogP contribution is 2.31. The van der Waals surface area contributed by atoms with E-state index in [2.05, 4.69) is 25.3 Å². The normalized spacial score (nSPS) is 17.9. The number of fused-ring (bicyclic) bond motifs is 1. The van der Waals surface area contributed by atoms with Gasteiger partial charge >= 0.3 is 0 Å². The second kappa shape index (κ2) is 9.94. The van der Waals surface area contributed by atoms with E-state index in [-0.39, 0.29) is 12.5 Å². The maximum absolute atomic E-state index is 12.8. The molecule has 2 aliphatic heterocycles. The molecule has 2 aliphatic rings. The molecule has 5 rings (SSSR count). The Bertz CT molecular complexity index is 1120. The smallest absolute Gasteiger partial charge is 0.266 e. The molecule has 1 aromatic carbocycles. The molecule has 0 bridgehead atoms. The molecule has 2 fully saturated rings. The van der Waals surface area contributed by atoms with Crippen molar-refractivity contribution in [1.82, 2.24) is 15.1 Å². The fraction of sp³-hybridized carbons (Fsp3) is 0.417. The molecule has 0 spiro atoms. The van der Waals surface area contributed by atoms with E-state index in [1.54, 1.807) is 26.4 Å². The second-order valence-electron chi connectivity index (χ2n) is 8.50. The first kappa shape index (κ1) is 22.5. The number of aromatic amines is 1. The van der Waals surface area contributed by atoms with Crippen LogP contribution in [-0.2, 0) is 6.61 Å². The van der Waals surface area contributed by atoms with Gasteiger partial charge in [0.1, 0.15) is 23.9 Å². The number of nitrogens with one attached hydrogen (secondary N) is 2. The highest BCUT2D eigenvalue weighted by Gasteiger charge is 2.31. The molecule has 10 heteroatoms. The van der Waals surface area contributed by atoms with Crippen LogP contribution in [-0.4, -0.2) is 67.4 Å². The summed E-state index contributed by atoms with van der Waals surface area (Å²) in [6.45, 7) is 4.67. The van der Waals surface area contributed by atoms with E-state index in [1.165, 1.54) is 30.7 Å². The third-order valence-corrected chi connectivity index (χ3v) is 7.46. The molecule has 1 amide bonds. The predicted octanol–water partition coefficient (Wildman–Crippen LogP) is 3.60. The molecule has 0 saturated carbocycles. The largest absolute Gasteiger partial charge is 0.497 e. The molecule has 3 aromatic rings. The number of carbonyl (C=O) groups excluding carboxylic acids is 1. The first-order chi connectivity index (χ1) is 16.6. The molecule has 180 valence electrons. The van der Waals surface area contributed by atoms with Crippen LogP contribution in [0, 0.1) is 0 Å². The summed E-state index contributed by atoms with van der Waals surface area (Å²) in [4.78, 5) is 18.4. The molecule has 0 aliphatic carbocycles. The predicted molar refractivity (Wildman–Crippen MR) is 132 cm³/mol. The number of methoxy groups -OCH3 is 2. The summed E-state index contributed by atoms with van der Waals surface area (Å²) < 4.78 is 16.3. The summed E-state index contributed by atoms with van der Waals surface area (Å²) in [7, 11) is 3.21. The van der Waals surface area contributed by atoms with Gasteiger partial charge in [0.2, 0.25) is 5.88 Å². The Morgan fingerprint density at radius 2 is 1.97 bits per heavy atom. The Hall–Kier alpha value is -3.24. The molecule has 9 nitrogen and oxygen atoms in total. The standard InChI is InChI=1S/C24H29N5O4S/c1-31-18-10-16(11-19(12-18)32-2)15-33-22-13-21(26-27-22)25-24(30)20-5-6-23(34-20)29-9-8-28-7-3-4-17(28)14-29/h5-6,10-13,17H,3-4,7-9,14-15H2,1-2H3,(H2,25,26,27,30). The Kier molecular flexibility index (Phi) is 6.59. The number of hydrogen-bond donors (Lipinski definition) is 2. The number of benzene rings is 1. The molecule has 1 atom stereocenters. The van der Waals surface area contributed by atoms with E-state index >= 15 is 0 Å². The fourth-order valence-electron chi connectivity index (χ4n) is 4.54. The van der Waals surface area contributed by atoms with E-state index in [4.69, 9.17) is 14.2 Å². The lowest BCUT2D eigenvalue weighted by Crippen LogP contribution is -2.49. The van der Waals surface area contributed by atoms with Gasteiger partial charge in [0.05, 0.1) is 24.1 Å². The van der Waals surface area contributed by atoms with Crippen molar-refractivity contribution in [3.63, 3.8) is 0 Å². The maximum Gasteiger partial charge on any atom is 0.266 e. The van der Waals surface area contributed by atoms with Crippen LogP contribution in [0.1, 0.15) is 28.1 Å². The third-order valence-electron chi connectivity index (χ3n) is 6.32. The minimum atomic E-state index is -0.163. The van der Waals surface area contributed by atoms with E-state index < -0.39 is 0 Å². The van der Waals surface area contributed by atoms with Crippen LogP contribution in [0.3, 0.4) is 0 Å². The van der Waals surface area contributed by atoms with Crippen LogP contribution in [0.15, 0.2) is 36.4 Å². The van der Waals surface area contributed by atoms with Crippen molar-refractivity contribution in [2.45, 2.75) is 25.5 Å². The Balaban J connectivity index is 1.16. The first-order valence-corrected chi connectivity index (χ1v) is 12.2. The molecule has 4 heterocycles. The summed E-state index contributed by atoms with van der Waals surface area (Å²) in [6, 6.07) is 11.8. The molecule has 2 saturated heterocycles. The number of amides is 1. The first-order valence-electron chi connectivity index (χ1n) is 11.4. The SMILES string of the molecule is COc1cc(COc2cc(NC(=O)c3ccc(N4CCN5CCCC5C4)s3)[nH]n2)cc(OC)c1. The second-order valence-corrected chi connectivity index (χ2v) is 9.56. The van der Waals surface area contributed by atoms with Crippen LogP contribution in [0.2, 0.25) is 0 Å². The van der Waals surface area contributed by atoms with Crippen LogP contribution in [0.4, 0.5) is 10.8 Å². The van der Waals surface area contributed by atoms with Crippen molar-refractivity contribution in [3.8, 4) is 17.4 Å². The monoisotopic (exact) mass is 483 g/mol. The van der Waals surface area contributed by atoms with E-state index in [0.717, 1.165) is 30.2 Å². The molecule has 0 radical (unpaired) electrons. The van der Waals surface area contributed by atoms with Gasteiger partial charge in [-0.25, -0.2) is 0 Å². The van der Waals surface area contributed by atoms with Gasteiger partial charge in [0.15, 0.2) is 0 Å². The molecular formula is C24H29N5O4S. The average Bonchev–Trinajstić information content (AvgIpc) is 3.62. The molecule has 1 unspecified atom stereocenters. The van der Waals surface area contributed by atoms with E-state index in [0.29, 0.717) is 34.1 Å². The number of aromatic nitrogens is 2. The summed E-state index contributed by atoms with van der Waals surface area (Å²) in [5.41, 5.74) is 0.884. The van der Waals surface area contributed by atoms with Crippen molar-refractivity contribution >= 4 is 28.1 Å². The Morgan fingerprint density at radius 3 is 2.76 bits per heavy atom. The number of nitrogens with zero attached hydrogens (tertiary/aromatic N) is 3. The highest BCUT2D eigenvalue weighted by molar-refractivity contribution is 7.18. The highest BCUT2D eigenvalue weighted by atomic mass is 32.1.